The quantitative estimate of drug-likeness (QED) is 0.823. The summed E-state index contributed by atoms with van der Waals surface area (Å²) in [7, 11) is -3.27. The molecular weight excluding hydrogens is 344 g/mol. The molecule has 0 spiro atoms. The number of rotatable bonds is 3. The Morgan fingerprint density at radius 1 is 1.04 bits per heavy atom. The lowest BCUT2D eigenvalue weighted by Crippen LogP contribution is -2.62. The van der Waals surface area contributed by atoms with Crippen molar-refractivity contribution in [3.8, 4) is 5.75 Å². The van der Waals surface area contributed by atoms with Crippen molar-refractivity contribution < 1.29 is 23.1 Å². The molecule has 7 nitrogen and oxygen atoms in total. The van der Waals surface area contributed by atoms with Crippen LogP contribution in [0.1, 0.15) is 18.9 Å². The van der Waals surface area contributed by atoms with E-state index in [-0.39, 0.29) is 35.5 Å². The molecule has 1 aromatic rings. The first-order chi connectivity index (χ1) is 11.8. The van der Waals surface area contributed by atoms with E-state index in [0.717, 1.165) is 5.56 Å². The number of fused-ring (bicyclic) bond motifs is 1. The number of phenolic OH excluding ortho intramolecular Hbond substituents is 1. The molecule has 2 atom stereocenters. The predicted octanol–water partition coefficient (Wildman–Crippen LogP) is 0.181. The van der Waals surface area contributed by atoms with Crippen molar-refractivity contribution in [1.29, 1.82) is 0 Å². The zero-order valence-electron chi connectivity index (χ0n) is 14.1. The molecule has 3 rings (SSSR count). The minimum absolute atomic E-state index is 0.0715. The second-order valence-electron chi connectivity index (χ2n) is 6.58. The van der Waals surface area contributed by atoms with Crippen LogP contribution in [0.5, 0.6) is 5.75 Å². The fraction of sp³-hybridized carbons (Fsp3) is 0.529. The average Bonchev–Trinajstić information content (AvgIpc) is 2.90. The van der Waals surface area contributed by atoms with Crippen molar-refractivity contribution in [2.75, 3.05) is 24.6 Å². The van der Waals surface area contributed by atoms with Gasteiger partial charge in [-0.15, -0.1) is 0 Å². The summed E-state index contributed by atoms with van der Waals surface area (Å²) in [5.74, 6) is -0.261. The van der Waals surface area contributed by atoms with Crippen LogP contribution < -0.4 is 0 Å². The zero-order chi connectivity index (χ0) is 18.2. The fourth-order valence-electron chi connectivity index (χ4n) is 3.67. The van der Waals surface area contributed by atoms with Crippen molar-refractivity contribution in [2.45, 2.75) is 31.8 Å². The van der Waals surface area contributed by atoms with Gasteiger partial charge >= 0.3 is 0 Å². The molecule has 1 N–H and O–H groups in total. The van der Waals surface area contributed by atoms with Crippen LogP contribution in [0.4, 0.5) is 0 Å². The van der Waals surface area contributed by atoms with Gasteiger partial charge in [0.15, 0.2) is 9.84 Å². The molecule has 0 saturated carbocycles. The normalized spacial score (nSPS) is 24.8. The molecule has 2 saturated heterocycles. The van der Waals surface area contributed by atoms with E-state index in [2.05, 4.69) is 0 Å². The van der Waals surface area contributed by atoms with Gasteiger partial charge in [-0.05, 0) is 17.7 Å². The molecule has 2 aliphatic heterocycles. The highest BCUT2D eigenvalue weighted by molar-refractivity contribution is 7.91. The number of benzene rings is 1. The highest BCUT2D eigenvalue weighted by Gasteiger charge is 2.48. The maximum Gasteiger partial charge on any atom is 0.227 e. The van der Waals surface area contributed by atoms with Crippen LogP contribution in [0, 0.1) is 0 Å². The Morgan fingerprint density at radius 3 is 2.08 bits per heavy atom. The summed E-state index contributed by atoms with van der Waals surface area (Å²) in [6.45, 7) is 2.47. The Hall–Kier alpha value is -2.09. The number of carbonyl (C=O) groups is 2. The lowest BCUT2D eigenvalue weighted by atomic mass is 10.0. The maximum absolute atomic E-state index is 12.7. The van der Waals surface area contributed by atoms with Crippen molar-refractivity contribution in [3.05, 3.63) is 29.8 Å². The van der Waals surface area contributed by atoms with E-state index in [1.54, 1.807) is 28.9 Å². The number of phenols is 1. The third-order valence-corrected chi connectivity index (χ3v) is 6.61. The molecule has 0 radical (unpaired) electrons. The first-order valence-electron chi connectivity index (χ1n) is 8.38. The topological polar surface area (TPSA) is 95.0 Å². The molecular formula is C17H22N2O5S. The molecule has 0 unspecified atom stereocenters. The van der Waals surface area contributed by atoms with E-state index in [4.69, 9.17) is 0 Å². The van der Waals surface area contributed by atoms with Crippen molar-refractivity contribution in [1.82, 2.24) is 9.80 Å². The molecule has 2 heterocycles. The SMILES string of the molecule is CCC(=O)N1CCN(C(=O)Cc2ccc(O)cc2)[C@@H]2CS(=O)(=O)C[C@@H]21. The number of sulfone groups is 1. The highest BCUT2D eigenvalue weighted by Crippen LogP contribution is 2.28. The Labute approximate surface area is 147 Å². The van der Waals surface area contributed by atoms with E-state index in [9.17, 15) is 23.1 Å². The summed E-state index contributed by atoms with van der Waals surface area (Å²) < 4.78 is 24.2. The number of amides is 2. The van der Waals surface area contributed by atoms with Crippen LogP contribution in [0.2, 0.25) is 0 Å². The summed E-state index contributed by atoms with van der Waals surface area (Å²) in [6.07, 6.45) is 0.468. The molecule has 1 aromatic carbocycles. The van der Waals surface area contributed by atoms with Gasteiger partial charge in [-0.3, -0.25) is 9.59 Å². The minimum atomic E-state index is -3.27. The van der Waals surface area contributed by atoms with Gasteiger partial charge in [0.05, 0.1) is 30.0 Å². The molecule has 0 aromatic heterocycles. The number of nitrogens with zero attached hydrogens (tertiary/aromatic N) is 2. The Balaban J connectivity index is 1.79. The Morgan fingerprint density at radius 2 is 1.56 bits per heavy atom. The van der Waals surface area contributed by atoms with Gasteiger partial charge in [-0.1, -0.05) is 19.1 Å². The van der Waals surface area contributed by atoms with Gasteiger partial charge in [-0.25, -0.2) is 8.42 Å². The van der Waals surface area contributed by atoms with Crippen molar-refractivity contribution in [3.63, 3.8) is 0 Å². The van der Waals surface area contributed by atoms with Crippen LogP contribution in [-0.4, -0.2) is 71.8 Å². The van der Waals surface area contributed by atoms with Gasteiger partial charge in [0, 0.05) is 19.5 Å². The molecule has 136 valence electrons. The van der Waals surface area contributed by atoms with E-state index < -0.39 is 21.9 Å². The monoisotopic (exact) mass is 366 g/mol. The second kappa shape index (κ2) is 6.67. The standard InChI is InChI=1S/C17H22N2O5S/c1-2-16(21)18-7-8-19(15-11-25(23,24)10-14(15)18)17(22)9-12-3-5-13(20)6-4-12/h3-6,14-15,20H,2,7-11H2,1H3/t14-,15+/m0/s1. The van der Waals surface area contributed by atoms with Crippen molar-refractivity contribution in [2.24, 2.45) is 0 Å². The lowest BCUT2D eigenvalue weighted by molar-refractivity contribution is -0.144. The predicted molar refractivity (Wildman–Crippen MR) is 91.8 cm³/mol. The number of carbonyl (C=O) groups excluding carboxylic acids is 2. The third-order valence-electron chi connectivity index (χ3n) is 4.91. The third kappa shape index (κ3) is 3.63. The Kier molecular flexibility index (Phi) is 4.73. The first kappa shape index (κ1) is 17.7. The van der Waals surface area contributed by atoms with Gasteiger partial charge in [0.2, 0.25) is 11.8 Å². The smallest absolute Gasteiger partial charge is 0.227 e. The van der Waals surface area contributed by atoms with E-state index in [1.165, 1.54) is 12.1 Å². The van der Waals surface area contributed by atoms with E-state index >= 15 is 0 Å². The molecule has 0 aliphatic carbocycles. The van der Waals surface area contributed by atoms with Gasteiger partial charge in [0.1, 0.15) is 5.75 Å². The van der Waals surface area contributed by atoms with E-state index in [0.29, 0.717) is 19.5 Å². The van der Waals surface area contributed by atoms with Crippen molar-refractivity contribution >= 4 is 21.7 Å². The summed E-state index contributed by atoms with van der Waals surface area (Å²) in [5, 5.41) is 9.33. The molecule has 0 bridgehead atoms. The molecule has 2 aliphatic rings. The second-order valence-corrected chi connectivity index (χ2v) is 8.74. The van der Waals surface area contributed by atoms with Crippen LogP contribution in [-0.2, 0) is 25.8 Å². The van der Waals surface area contributed by atoms with Crippen LogP contribution in [0.15, 0.2) is 24.3 Å². The van der Waals surface area contributed by atoms with E-state index in [1.807, 2.05) is 0 Å². The Bertz CT molecular complexity index is 775. The highest BCUT2D eigenvalue weighted by atomic mass is 32.2. The first-order valence-corrected chi connectivity index (χ1v) is 10.2. The maximum atomic E-state index is 12.7. The summed E-state index contributed by atoms with van der Waals surface area (Å²) in [5.41, 5.74) is 0.757. The molecule has 25 heavy (non-hydrogen) atoms. The summed E-state index contributed by atoms with van der Waals surface area (Å²) in [6, 6.07) is 5.46. The number of hydrogen-bond acceptors (Lipinski definition) is 5. The summed E-state index contributed by atoms with van der Waals surface area (Å²) >= 11 is 0. The van der Waals surface area contributed by atoms with Crippen LogP contribution in [0.3, 0.4) is 0 Å². The molecule has 2 amide bonds. The average molecular weight is 366 g/mol. The van der Waals surface area contributed by atoms with Gasteiger partial charge in [-0.2, -0.15) is 0 Å². The lowest BCUT2D eigenvalue weighted by Gasteiger charge is -2.44. The summed E-state index contributed by atoms with van der Waals surface area (Å²) in [4.78, 5) is 28.1. The minimum Gasteiger partial charge on any atom is -0.508 e. The van der Waals surface area contributed by atoms with Crippen LogP contribution >= 0.6 is 0 Å². The number of piperazine rings is 1. The fourth-order valence-corrected chi connectivity index (χ4v) is 5.65. The number of aromatic hydroxyl groups is 1. The van der Waals surface area contributed by atoms with Crippen LogP contribution in [0.25, 0.3) is 0 Å². The molecule has 2 fully saturated rings. The number of hydrogen-bond donors (Lipinski definition) is 1. The zero-order valence-corrected chi connectivity index (χ0v) is 14.9. The molecule has 8 heteroatoms. The van der Waals surface area contributed by atoms with Gasteiger partial charge in [0.25, 0.3) is 0 Å². The van der Waals surface area contributed by atoms with Gasteiger partial charge < -0.3 is 14.9 Å². The largest absolute Gasteiger partial charge is 0.508 e.